The van der Waals surface area contributed by atoms with E-state index in [1.165, 1.54) is 0 Å². The Labute approximate surface area is 110 Å². The smallest absolute Gasteiger partial charge is 0.251 e. The fourth-order valence-corrected chi connectivity index (χ4v) is 3.43. The van der Waals surface area contributed by atoms with Gasteiger partial charge in [0, 0.05) is 23.0 Å². The molecule has 0 bridgehead atoms. The normalized spacial score (nSPS) is 21.6. The third kappa shape index (κ3) is 2.22. The van der Waals surface area contributed by atoms with Gasteiger partial charge in [-0.1, -0.05) is 6.07 Å². The van der Waals surface area contributed by atoms with E-state index in [9.17, 15) is 9.59 Å². The lowest BCUT2D eigenvalue weighted by molar-refractivity contribution is -0.115. The minimum absolute atomic E-state index is 0.00486. The molecule has 1 aromatic carbocycles. The molecule has 5 heteroatoms. The summed E-state index contributed by atoms with van der Waals surface area (Å²) >= 11 is 1.87. The molecule has 1 atom stereocenters. The monoisotopic (exact) mass is 262 g/mol. The van der Waals surface area contributed by atoms with Crippen LogP contribution >= 0.6 is 11.8 Å². The SMILES string of the molecule is O=C1Cc2ccc(C(=O)NC3CCSC3)cc2N1. The number of nitrogens with one attached hydrogen (secondary N) is 2. The molecule has 18 heavy (non-hydrogen) atoms. The first-order valence-electron chi connectivity index (χ1n) is 6.04. The van der Waals surface area contributed by atoms with Crippen molar-refractivity contribution in [2.75, 3.05) is 16.8 Å². The van der Waals surface area contributed by atoms with Gasteiger partial charge in [0.1, 0.15) is 0 Å². The van der Waals surface area contributed by atoms with Gasteiger partial charge in [-0.05, 0) is 29.9 Å². The van der Waals surface area contributed by atoms with Gasteiger partial charge in [0.2, 0.25) is 5.91 Å². The highest BCUT2D eigenvalue weighted by molar-refractivity contribution is 7.99. The standard InChI is InChI=1S/C13H14N2O2S/c16-12-6-8-1-2-9(5-11(8)15-12)13(17)14-10-3-4-18-7-10/h1-2,5,10H,3-4,6-7H2,(H,14,17)(H,15,16). The maximum Gasteiger partial charge on any atom is 0.251 e. The molecule has 1 saturated heterocycles. The summed E-state index contributed by atoms with van der Waals surface area (Å²) in [7, 11) is 0. The number of benzene rings is 1. The van der Waals surface area contributed by atoms with Gasteiger partial charge < -0.3 is 10.6 Å². The molecule has 2 aliphatic rings. The van der Waals surface area contributed by atoms with Crippen molar-refractivity contribution < 1.29 is 9.59 Å². The summed E-state index contributed by atoms with van der Waals surface area (Å²) < 4.78 is 0. The van der Waals surface area contributed by atoms with Gasteiger partial charge in [0.15, 0.2) is 0 Å². The lowest BCUT2D eigenvalue weighted by Gasteiger charge is -2.11. The second-order valence-electron chi connectivity index (χ2n) is 4.63. The minimum atomic E-state index is -0.0496. The van der Waals surface area contributed by atoms with E-state index in [2.05, 4.69) is 10.6 Å². The molecule has 2 heterocycles. The second-order valence-corrected chi connectivity index (χ2v) is 5.78. The molecular weight excluding hydrogens is 248 g/mol. The first-order valence-corrected chi connectivity index (χ1v) is 7.19. The summed E-state index contributed by atoms with van der Waals surface area (Å²) in [6, 6.07) is 5.69. The van der Waals surface area contributed by atoms with E-state index in [0.717, 1.165) is 29.2 Å². The summed E-state index contributed by atoms with van der Waals surface area (Å²) in [5.74, 6) is 2.06. The van der Waals surface area contributed by atoms with Gasteiger partial charge in [-0.15, -0.1) is 0 Å². The van der Waals surface area contributed by atoms with Crippen LogP contribution in [0, 0.1) is 0 Å². The van der Waals surface area contributed by atoms with Crippen LogP contribution in [0.5, 0.6) is 0 Å². The maximum atomic E-state index is 12.0. The molecule has 94 valence electrons. The predicted molar refractivity (Wildman–Crippen MR) is 72.0 cm³/mol. The zero-order chi connectivity index (χ0) is 12.5. The highest BCUT2D eigenvalue weighted by atomic mass is 32.2. The van der Waals surface area contributed by atoms with Gasteiger partial charge in [-0.3, -0.25) is 9.59 Å². The first-order chi connectivity index (χ1) is 8.72. The summed E-state index contributed by atoms with van der Waals surface area (Å²) in [6.45, 7) is 0. The molecule has 2 amide bonds. The summed E-state index contributed by atoms with van der Waals surface area (Å²) in [5, 5.41) is 5.79. The lowest BCUT2D eigenvalue weighted by atomic mass is 10.1. The van der Waals surface area contributed by atoms with Crippen LogP contribution in [0.4, 0.5) is 5.69 Å². The second kappa shape index (κ2) is 4.65. The Morgan fingerprint density at radius 1 is 1.44 bits per heavy atom. The zero-order valence-electron chi connectivity index (χ0n) is 9.86. The van der Waals surface area contributed by atoms with Gasteiger partial charge in [0.25, 0.3) is 5.91 Å². The van der Waals surface area contributed by atoms with Crippen molar-refractivity contribution in [1.82, 2.24) is 5.32 Å². The van der Waals surface area contributed by atoms with E-state index < -0.39 is 0 Å². The number of carbonyl (C=O) groups excluding carboxylic acids is 2. The van der Waals surface area contributed by atoms with E-state index in [0.29, 0.717) is 12.0 Å². The summed E-state index contributed by atoms with van der Waals surface area (Å²) in [5.41, 5.74) is 2.36. The number of anilines is 1. The van der Waals surface area contributed by atoms with Crippen LogP contribution in [-0.4, -0.2) is 29.4 Å². The van der Waals surface area contributed by atoms with Crippen molar-refractivity contribution in [3.63, 3.8) is 0 Å². The number of hydrogen-bond donors (Lipinski definition) is 2. The van der Waals surface area contributed by atoms with E-state index in [1.807, 2.05) is 17.8 Å². The lowest BCUT2D eigenvalue weighted by Crippen LogP contribution is -2.34. The third-order valence-corrected chi connectivity index (χ3v) is 4.42. The molecule has 1 unspecified atom stereocenters. The Hall–Kier alpha value is -1.49. The number of fused-ring (bicyclic) bond motifs is 1. The number of thioether (sulfide) groups is 1. The van der Waals surface area contributed by atoms with Gasteiger partial charge >= 0.3 is 0 Å². The van der Waals surface area contributed by atoms with Crippen LogP contribution in [0.2, 0.25) is 0 Å². The highest BCUT2D eigenvalue weighted by Crippen LogP contribution is 2.24. The fraction of sp³-hybridized carbons (Fsp3) is 0.385. The quantitative estimate of drug-likeness (QED) is 0.847. The van der Waals surface area contributed by atoms with Crippen LogP contribution < -0.4 is 10.6 Å². The van der Waals surface area contributed by atoms with Crippen molar-refractivity contribution in [2.24, 2.45) is 0 Å². The summed E-state index contributed by atoms with van der Waals surface area (Å²) in [6.07, 6.45) is 1.45. The summed E-state index contributed by atoms with van der Waals surface area (Å²) in [4.78, 5) is 23.3. The number of hydrogen-bond acceptors (Lipinski definition) is 3. The fourth-order valence-electron chi connectivity index (χ4n) is 2.27. The van der Waals surface area contributed by atoms with Gasteiger partial charge in [-0.2, -0.15) is 11.8 Å². The van der Waals surface area contributed by atoms with Crippen LogP contribution in [0.25, 0.3) is 0 Å². The molecule has 2 aliphatic heterocycles. The van der Waals surface area contributed by atoms with Crippen molar-refractivity contribution in [2.45, 2.75) is 18.9 Å². The van der Waals surface area contributed by atoms with Crippen molar-refractivity contribution in [3.8, 4) is 0 Å². The highest BCUT2D eigenvalue weighted by Gasteiger charge is 2.21. The average molecular weight is 262 g/mol. The van der Waals surface area contributed by atoms with Crippen molar-refractivity contribution in [1.29, 1.82) is 0 Å². The predicted octanol–water partition coefficient (Wildman–Crippen LogP) is 1.42. The number of rotatable bonds is 2. The van der Waals surface area contributed by atoms with Gasteiger partial charge in [0.05, 0.1) is 6.42 Å². The molecule has 1 fully saturated rings. The molecule has 4 nitrogen and oxygen atoms in total. The molecule has 0 spiro atoms. The molecular formula is C13H14N2O2S. The Bertz CT molecular complexity index is 510. The molecule has 0 radical (unpaired) electrons. The average Bonchev–Trinajstić information content (AvgIpc) is 2.95. The Kier molecular flexibility index (Phi) is 2.99. The Morgan fingerprint density at radius 2 is 2.33 bits per heavy atom. The first kappa shape index (κ1) is 11.6. The number of carbonyl (C=O) groups is 2. The van der Waals surface area contributed by atoms with Crippen molar-refractivity contribution >= 4 is 29.3 Å². The van der Waals surface area contributed by atoms with Crippen LogP contribution in [0.1, 0.15) is 22.3 Å². The molecule has 0 aromatic heterocycles. The maximum absolute atomic E-state index is 12.0. The molecule has 1 aromatic rings. The molecule has 3 rings (SSSR count). The van der Waals surface area contributed by atoms with Crippen LogP contribution in [0.15, 0.2) is 18.2 Å². The van der Waals surface area contributed by atoms with E-state index in [4.69, 9.17) is 0 Å². The topological polar surface area (TPSA) is 58.2 Å². The van der Waals surface area contributed by atoms with E-state index in [1.54, 1.807) is 12.1 Å². The van der Waals surface area contributed by atoms with Gasteiger partial charge in [-0.25, -0.2) is 0 Å². The largest absolute Gasteiger partial charge is 0.348 e. The minimum Gasteiger partial charge on any atom is -0.348 e. The van der Waals surface area contributed by atoms with Crippen LogP contribution in [0.3, 0.4) is 0 Å². The number of amides is 2. The Balaban J connectivity index is 1.74. The zero-order valence-corrected chi connectivity index (χ0v) is 10.7. The third-order valence-electron chi connectivity index (χ3n) is 3.26. The molecule has 2 N–H and O–H groups in total. The van der Waals surface area contributed by atoms with Crippen molar-refractivity contribution in [3.05, 3.63) is 29.3 Å². The molecule has 0 saturated carbocycles. The van der Waals surface area contributed by atoms with E-state index in [-0.39, 0.29) is 17.9 Å². The van der Waals surface area contributed by atoms with Crippen LogP contribution in [-0.2, 0) is 11.2 Å². The Morgan fingerprint density at radius 3 is 3.11 bits per heavy atom. The molecule has 0 aliphatic carbocycles. The van der Waals surface area contributed by atoms with E-state index >= 15 is 0 Å².